The molecule has 1 heterocycles. The lowest BCUT2D eigenvalue weighted by molar-refractivity contribution is -0.142. The minimum atomic E-state index is -0.680. The zero-order chi connectivity index (χ0) is 10.7. The van der Waals surface area contributed by atoms with E-state index in [1.807, 2.05) is 30.3 Å². The van der Waals surface area contributed by atoms with Gasteiger partial charge < -0.3 is 4.74 Å². The van der Waals surface area contributed by atoms with Crippen LogP contribution in [0.15, 0.2) is 35.4 Å². The highest BCUT2D eigenvalue weighted by molar-refractivity contribution is 5.78. The standard InChI is InChI=1S/C10H9N3O2/c11-13-12-8-6-9(15-10(8)14)7-4-2-1-3-5-7/h1-5,8-9H,6H2. The number of carbonyl (C=O) groups is 1. The Morgan fingerprint density at radius 3 is 2.80 bits per heavy atom. The van der Waals surface area contributed by atoms with Crippen molar-refractivity contribution in [3.63, 3.8) is 0 Å². The van der Waals surface area contributed by atoms with Crippen LogP contribution in [0.1, 0.15) is 18.1 Å². The summed E-state index contributed by atoms with van der Waals surface area (Å²) in [4.78, 5) is 13.9. The number of azide groups is 1. The van der Waals surface area contributed by atoms with Crippen LogP contribution in [-0.4, -0.2) is 12.0 Å². The van der Waals surface area contributed by atoms with Crippen molar-refractivity contribution in [3.8, 4) is 0 Å². The molecule has 0 aromatic heterocycles. The van der Waals surface area contributed by atoms with E-state index >= 15 is 0 Å². The maximum Gasteiger partial charge on any atom is 0.315 e. The molecule has 5 nitrogen and oxygen atoms in total. The fourth-order valence-corrected chi connectivity index (χ4v) is 1.59. The van der Waals surface area contributed by atoms with Crippen molar-refractivity contribution >= 4 is 5.97 Å². The van der Waals surface area contributed by atoms with Gasteiger partial charge in [0.15, 0.2) is 0 Å². The molecule has 0 bridgehead atoms. The summed E-state index contributed by atoms with van der Waals surface area (Å²) in [5.41, 5.74) is 9.18. The van der Waals surface area contributed by atoms with Crippen LogP contribution in [0.3, 0.4) is 0 Å². The maximum absolute atomic E-state index is 11.3. The van der Waals surface area contributed by atoms with Gasteiger partial charge in [-0.15, -0.1) is 0 Å². The van der Waals surface area contributed by atoms with Crippen LogP contribution < -0.4 is 0 Å². The van der Waals surface area contributed by atoms with Gasteiger partial charge in [-0.05, 0) is 11.1 Å². The third-order valence-corrected chi connectivity index (χ3v) is 2.33. The Balaban J connectivity index is 2.16. The largest absolute Gasteiger partial charge is 0.457 e. The molecule has 0 amide bonds. The number of hydrogen-bond acceptors (Lipinski definition) is 3. The summed E-state index contributed by atoms with van der Waals surface area (Å²) in [7, 11) is 0. The van der Waals surface area contributed by atoms with Crippen molar-refractivity contribution in [2.75, 3.05) is 0 Å². The number of esters is 1. The number of benzene rings is 1. The molecule has 0 saturated carbocycles. The highest BCUT2D eigenvalue weighted by Gasteiger charge is 2.34. The third-order valence-electron chi connectivity index (χ3n) is 2.33. The van der Waals surface area contributed by atoms with E-state index in [9.17, 15) is 4.79 Å². The van der Waals surface area contributed by atoms with E-state index in [2.05, 4.69) is 10.0 Å². The van der Waals surface area contributed by atoms with E-state index < -0.39 is 12.0 Å². The predicted molar refractivity (Wildman–Crippen MR) is 52.8 cm³/mol. The van der Waals surface area contributed by atoms with Gasteiger partial charge >= 0.3 is 5.97 Å². The lowest BCUT2D eigenvalue weighted by Crippen LogP contribution is -2.09. The zero-order valence-electron chi connectivity index (χ0n) is 7.91. The molecule has 0 spiro atoms. The minimum Gasteiger partial charge on any atom is -0.457 e. The Bertz CT molecular complexity index is 412. The minimum absolute atomic E-state index is 0.283. The molecule has 1 aliphatic heterocycles. The molecular weight excluding hydrogens is 194 g/mol. The quantitative estimate of drug-likeness (QED) is 0.320. The fourth-order valence-electron chi connectivity index (χ4n) is 1.59. The zero-order valence-corrected chi connectivity index (χ0v) is 7.91. The van der Waals surface area contributed by atoms with Gasteiger partial charge in [-0.2, -0.15) is 0 Å². The maximum atomic E-state index is 11.3. The summed E-state index contributed by atoms with van der Waals surface area (Å²) in [6, 6.07) is 8.74. The van der Waals surface area contributed by atoms with Crippen molar-refractivity contribution in [2.45, 2.75) is 18.6 Å². The molecule has 1 saturated heterocycles. The van der Waals surface area contributed by atoms with Crippen LogP contribution in [0.4, 0.5) is 0 Å². The van der Waals surface area contributed by atoms with Crippen LogP contribution in [0, 0.1) is 0 Å². The molecule has 1 aliphatic rings. The lowest BCUT2D eigenvalue weighted by Gasteiger charge is -2.07. The molecule has 1 aromatic carbocycles. The van der Waals surface area contributed by atoms with Crippen LogP contribution in [0.2, 0.25) is 0 Å². The van der Waals surface area contributed by atoms with Crippen molar-refractivity contribution in [1.82, 2.24) is 0 Å². The second-order valence-electron chi connectivity index (χ2n) is 3.29. The molecule has 0 N–H and O–H groups in total. The number of hydrogen-bond donors (Lipinski definition) is 0. The van der Waals surface area contributed by atoms with E-state index in [1.54, 1.807) is 0 Å². The Hall–Kier alpha value is -2.00. The molecule has 2 rings (SSSR count). The monoisotopic (exact) mass is 203 g/mol. The van der Waals surface area contributed by atoms with Crippen molar-refractivity contribution in [2.24, 2.45) is 5.11 Å². The van der Waals surface area contributed by atoms with E-state index in [1.165, 1.54) is 0 Å². The van der Waals surface area contributed by atoms with Crippen molar-refractivity contribution < 1.29 is 9.53 Å². The van der Waals surface area contributed by atoms with E-state index in [0.717, 1.165) is 5.56 Å². The first-order valence-electron chi connectivity index (χ1n) is 4.61. The first-order valence-corrected chi connectivity index (χ1v) is 4.61. The number of rotatable bonds is 2. The van der Waals surface area contributed by atoms with Crippen molar-refractivity contribution in [1.29, 1.82) is 0 Å². The van der Waals surface area contributed by atoms with Crippen LogP contribution >= 0.6 is 0 Å². The molecule has 15 heavy (non-hydrogen) atoms. The Kier molecular flexibility index (Phi) is 2.56. The van der Waals surface area contributed by atoms with Gasteiger partial charge in [0.2, 0.25) is 0 Å². The first kappa shape index (κ1) is 9.55. The highest BCUT2D eigenvalue weighted by Crippen LogP contribution is 2.30. The van der Waals surface area contributed by atoms with Crippen LogP contribution in [-0.2, 0) is 9.53 Å². The lowest BCUT2D eigenvalue weighted by atomic mass is 10.1. The normalized spacial score (nSPS) is 24.4. The number of cyclic esters (lactones) is 1. The summed E-state index contributed by atoms with van der Waals surface area (Å²) in [6.45, 7) is 0. The van der Waals surface area contributed by atoms with Crippen LogP contribution in [0.25, 0.3) is 10.4 Å². The van der Waals surface area contributed by atoms with Gasteiger partial charge in [0.25, 0.3) is 0 Å². The molecule has 5 heteroatoms. The fraction of sp³-hybridized carbons (Fsp3) is 0.300. The van der Waals surface area contributed by atoms with Gasteiger partial charge in [0, 0.05) is 11.3 Å². The Morgan fingerprint density at radius 1 is 1.40 bits per heavy atom. The second-order valence-corrected chi connectivity index (χ2v) is 3.29. The van der Waals surface area contributed by atoms with E-state index in [4.69, 9.17) is 10.3 Å². The summed E-state index contributed by atoms with van der Waals surface area (Å²) >= 11 is 0. The predicted octanol–water partition coefficient (Wildman–Crippen LogP) is 2.35. The third kappa shape index (κ3) is 1.92. The molecule has 0 radical (unpaired) electrons. The van der Waals surface area contributed by atoms with Crippen LogP contribution in [0.5, 0.6) is 0 Å². The number of carbonyl (C=O) groups excluding carboxylic acids is 1. The first-order chi connectivity index (χ1) is 7.31. The number of nitrogens with zero attached hydrogens (tertiary/aromatic N) is 3. The van der Waals surface area contributed by atoms with E-state index in [-0.39, 0.29) is 6.10 Å². The van der Waals surface area contributed by atoms with Gasteiger partial charge in [-0.3, -0.25) is 4.79 Å². The summed E-state index contributed by atoms with van der Waals surface area (Å²) in [6.07, 6.45) is 0.140. The second kappa shape index (κ2) is 4.02. The molecule has 2 atom stereocenters. The summed E-state index contributed by atoms with van der Waals surface area (Å²) in [5.74, 6) is -0.443. The van der Waals surface area contributed by atoms with Gasteiger partial charge in [0.1, 0.15) is 12.1 Å². The van der Waals surface area contributed by atoms with E-state index in [0.29, 0.717) is 6.42 Å². The van der Waals surface area contributed by atoms with Crippen molar-refractivity contribution in [3.05, 3.63) is 46.3 Å². The molecule has 0 aliphatic carbocycles. The molecule has 2 unspecified atom stereocenters. The summed E-state index contributed by atoms with van der Waals surface area (Å²) in [5, 5.41) is 3.39. The topological polar surface area (TPSA) is 75.1 Å². The Labute approximate surface area is 86.3 Å². The SMILES string of the molecule is [N-]=[N+]=NC1CC(c2ccccc2)OC1=O. The molecule has 1 fully saturated rings. The smallest absolute Gasteiger partial charge is 0.315 e. The number of ether oxygens (including phenoxy) is 1. The van der Waals surface area contributed by atoms with Gasteiger partial charge in [-0.25, -0.2) is 0 Å². The highest BCUT2D eigenvalue weighted by atomic mass is 16.6. The van der Waals surface area contributed by atoms with Gasteiger partial charge in [-0.1, -0.05) is 35.4 Å². The van der Waals surface area contributed by atoms with Gasteiger partial charge in [0.05, 0.1) is 0 Å². The Morgan fingerprint density at radius 2 is 2.13 bits per heavy atom. The molecular formula is C10H9N3O2. The average Bonchev–Trinajstić information content (AvgIpc) is 2.63. The summed E-state index contributed by atoms with van der Waals surface area (Å²) < 4.78 is 5.11. The molecule has 1 aromatic rings. The molecule has 76 valence electrons. The average molecular weight is 203 g/mol.